The molecule has 1 aliphatic rings. The van der Waals surface area contributed by atoms with Gasteiger partial charge in [0.15, 0.2) is 0 Å². The zero-order chi connectivity index (χ0) is 14.2. The lowest BCUT2D eigenvalue weighted by Gasteiger charge is -2.27. The molecule has 1 aromatic carbocycles. The first-order chi connectivity index (χ1) is 9.79. The molecule has 112 valence electrons. The summed E-state index contributed by atoms with van der Waals surface area (Å²) in [7, 11) is 0. The van der Waals surface area contributed by atoms with E-state index >= 15 is 0 Å². The van der Waals surface area contributed by atoms with Crippen LogP contribution in [0.15, 0.2) is 24.3 Å². The molecule has 2 N–H and O–H groups in total. The summed E-state index contributed by atoms with van der Waals surface area (Å²) in [4.78, 5) is 0. The lowest BCUT2D eigenvalue weighted by atomic mass is 9.95. The van der Waals surface area contributed by atoms with Gasteiger partial charge in [0, 0.05) is 6.04 Å². The zero-order valence-electron chi connectivity index (χ0n) is 12.5. The molecule has 0 spiro atoms. The summed E-state index contributed by atoms with van der Waals surface area (Å²) in [5.74, 6) is 1.80. The fraction of sp³-hybridized carbons (Fsp3) is 0.647. The third-order valence-corrected chi connectivity index (χ3v) is 3.84. The van der Waals surface area contributed by atoms with Gasteiger partial charge in [-0.25, -0.2) is 0 Å². The first-order valence-electron chi connectivity index (χ1n) is 7.94. The molecule has 1 fully saturated rings. The Kier molecular flexibility index (Phi) is 6.19. The minimum Gasteiger partial charge on any atom is -0.494 e. The maximum atomic E-state index is 6.24. The summed E-state index contributed by atoms with van der Waals surface area (Å²) >= 11 is 0. The van der Waals surface area contributed by atoms with Gasteiger partial charge in [-0.15, -0.1) is 0 Å². The monoisotopic (exact) mass is 277 g/mol. The van der Waals surface area contributed by atoms with Gasteiger partial charge in [-0.05, 0) is 49.9 Å². The molecular formula is C17H27NO2. The molecule has 2 unspecified atom stereocenters. The van der Waals surface area contributed by atoms with Crippen molar-refractivity contribution in [2.24, 2.45) is 5.73 Å². The maximum absolute atomic E-state index is 6.24. The van der Waals surface area contributed by atoms with Gasteiger partial charge in [0.05, 0.1) is 6.61 Å². The molecule has 0 saturated heterocycles. The van der Waals surface area contributed by atoms with Crippen molar-refractivity contribution in [1.82, 2.24) is 0 Å². The van der Waals surface area contributed by atoms with Gasteiger partial charge >= 0.3 is 0 Å². The number of hydrogen-bond acceptors (Lipinski definition) is 3. The molecule has 3 heteroatoms. The molecule has 2 rings (SSSR count). The highest BCUT2D eigenvalue weighted by atomic mass is 16.5. The maximum Gasteiger partial charge on any atom is 0.120 e. The number of nitrogens with two attached hydrogens (primary N) is 1. The SMILES string of the molecule is CCCOc1ccc(OC2CCCCCCC2N)cc1. The second-order valence-electron chi connectivity index (χ2n) is 5.63. The molecule has 0 aliphatic heterocycles. The highest BCUT2D eigenvalue weighted by molar-refractivity contribution is 5.31. The van der Waals surface area contributed by atoms with Crippen LogP contribution in [0.4, 0.5) is 0 Å². The van der Waals surface area contributed by atoms with E-state index in [1.54, 1.807) is 0 Å². The molecule has 0 heterocycles. The van der Waals surface area contributed by atoms with E-state index in [4.69, 9.17) is 15.2 Å². The molecule has 20 heavy (non-hydrogen) atoms. The van der Waals surface area contributed by atoms with Crippen LogP contribution >= 0.6 is 0 Å². The van der Waals surface area contributed by atoms with E-state index in [0.29, 0.717) is 0 Å². The average molecular weight is 277 g/mol. The quantitative estimate of drug-likeness (QED) is 0.887. The Balaban J connectivity index is 1.90. The normalized spacial score (nSPS) is 23.7. The van der Waals surface area contributed by atoms with Crippen LogP contribution in [-0.2, 0) is 0 Å². The predicted molar refractivity (Wildman–Crippen MR) is 82.3 cm³/mol. The van der Waals surface area contributed by atoms with Crippen LogP contribution < -0.4 is 15.2 Å². The van der Waals surface area contributed by atoms with Gasteiger partial charge in [-0.2, -0.15) is 0 Å². The summed E-state index contributed by atoms with van der Waals surface area (Å²) in [6.45, 7) is 2.86. The topological polar surface area (TPSA) is 44.5 Å². The zero-order valence-corrected chi connectivity index (χ0v) is 12.5. The largest absolute Gasteiger partial charge is 0.494 e. The molecule has 2 atom stereocenters. The van der Waals surface area contributed by atoms with Crippen molar-refractivity contribution in [3.63, 3.8) is 0 Å². The Morgan fingerprint density at radius 2 is 1.65 bits per heavy atom. The number of ether oxygens (including phenoxy) is 2. The van der Waals surface area contributed by atoms with Crippen LogP contribution in [0.5, 0.6) is 11.5 Å². The van der Waals surface area contributed by atoms with Gasteiger partial charge in [0.2, 0.25) is 0 Å². The lowest BCUT2D eigenvalue weighted by Crippen LogP contribution is -2.39. The van der Waals surface area contributed by atoms with Crippen LogP contribution in [0, 0.1) is 0 Å². The Hall–Kier alpha value is -1.22. The fourth-order valence-electron chi connectivity index (χ4n) is 2.63. The smallest absolute Gasteiger partial charge is 0.120 e. The van der Waals surface area contributed by atoms with Crippen LogP contribution in [0.3, 0.4) is 0 Å². The highest BCUT2D eigenvalue weighted by Crippen LogP contribution is 2.23. The van der Waals surface area contributed by atoms with Gasteiger partial charge in [-0.3, -0.25) is 0 Å². The predicted octanol–water partition coefficient (Wildman–Crippen LogP) is 3.90. The van der Waals surface area contributed by atoms with Gasteiger partial charge in [0.1, 0.15) is 17.6 Å². The van der Waals surface area contributed by atoms with Crippen LogP contribution in [0.25, 0.3) is 0 Å². The lowest BCUT2D eigenvalue weighted by molar-refractivity contribution is 0.145. The van der Waals surface area contributed by atoms with Gasteiger partial charge in [-0.1, -0.05) is 26.2 Å². The molecule has 0 amide bonds. The van der Waals surface area contributed by atoms with Crippen molar-refractivity contribution in [2.45, 2.75) is 64.0 Å². The van der Waals surface area contributed by atoms with Crippen molar-refractivity contribution in [3.8, 4) is 11.5 Å². The van der Waals surface area contributed by atoms with E-state index < -0.39 is 0 Å². The first kappa shape index (κ1) is 15.2. The Morgan fingerprint density at radius 3 is 2.35 bits per heavy atom. The number of rotatable bonds is 5. The molecule has 1 aromatic rings. The van der Waals surface area contributed by atoms with Crippen molar-refractivity contribution in [3.05, 3.63) is 24.3 Å². The second kappa shape index (κ2) is 8.15. The highest BCUT2D eigenvalue weighted by Gasteiger charge is 2.20. The Labute approximate surface area is 122 Å². The van der Waals surface area contributed by atoms with E-state index in [1.807, 2.05) is 24.3 Å². The third-order valence-electron chi connectivity index (χ3n) is 3.84. The van der Waals surface area contributed by atoms with Crippen molar-refractivity contribution in [2.75, 3.05) is 6.61 Å². The van der Waals surface area contributed by atoms with E-state index in [2.05, 4.69) is 6.92 Å². The van der Waals surface area contributed by atoms with Crippen molar-refractivity contribution < 1.29 is 9.47 Å². The Morgan fingerprint density at radius 1 is 1.00 bits per heavy atom. The van der Waals surface area contributed by atoms with E-state index in [0.717, 1.165) is 37.4 Å². The molecule has 0 bridgehead atoms. The van der Waals surface area contributed by atoms with Crippen molar-refractivity contribution >= 4 is 0 Å². The van der Waals surface area contributed by atoms with Crippen LogP contribution in [0.1, 0.15) is 51.9 Å². The summed E-state index contributed by atoms with van der Waals surface area (Å²) < 4.78 is 11.7. The van der Waals surface area contributed by atoms with Crippen LogP contribution in [-0.4, -0.2) is 18.8 Å². The third kappa shape index (κ3) is 4.71. The minimum absolute atomic E-state index is 0.151. The molecular weight excluding hydrogens is 250 g/mol. The number of hydrogen-bond donors (Lipinski definition) is 1. The van der Waals surface area contributed by atoms with E-state index in [1.165, 1.54) is 25.7 Å². The van der Waals surface area contributed by atoms with E-state index in [-0.39, 0.29) is 12.1 Å². The summed E-state index contributed by atoms with van der Waals surface area (Å²) in [6.07, 6.45) is 8.37. The minimum atomic E-state index is 0.151. The first-order valence-corrected chi connectivity index (χ1v) is 7.94. The average Bonchev–Trinajstić information content (AvgIpc) is 2.46. The summed E-state index contributed by atoms with van der Waals surface area (Å²) in [5, 5.41) is 0. The summed E-state index contributed by atoms with van der Waals surface area (Å²) in [5.41, 5.74) is 6.24. The fourth-order valence-corrected chi connectivity index (χ4v) is 2.63. The Bertz CT molecular complexity index is 377. The van der Waals surface area contributed by atoms with E-state index in [9.17, 15) is 0 Å². The molecule has 0 radical (unpaired) electrons. The summed E-state index contributed by atoms with van der Waals surface area (Å²) in [6, 6.07) is 8.07. The van der Waals surface area contributed by atoms with Gasteiger partial charge in [0.25, 0.3) is 0 Å². The molecule has 0 aromatic heterocycles. The van der Waals surface area contributed by atoms with Crippen molar-refractivity contribution in [1.29, 1.82) is 0 Å². The standard InChI is InChI=1S/C17H27NO2/c1-2-13-19-14-9-11-15(12-10-14)20-17-8-6-4-3-5-7-16(17)18/h9-12,16-17H,2-8,13,18H2,1H3. The van der Waals surface area contributed by atoms with Crippen LogP contribution in [0.2, 0.25) is 0 Å². The second-order valence-corrected chi connectivity index (χ2v) is 5.63. The molecule has 3 nitrogen and oxygen atoms in total. The van der Waals surface area contributed by atoms with Gasteiger partial charge < -0.3 is 15.2 Å². The number of benzene rings is 1. The molecule has 1 saturated carbocycles. The molecule has 1 aliphatic carbocycles.